The average molecular weight is 559 g/mol. The topological polar surface area (TPSA) is 51.2 Å². The van der Waals surface area contributed by atoms with Gasteiger partial charge in [-0.2, -0.15) is 0 Å². The lowest BCUT2D eigenvalue weighted by atomic mass is 9.71. The smallest absolute Gasteiger partial charge is 0.163 e. The van der Waals surface area contributed by atoms with E-state index in [1.54, 1.807) is 0 Å². The molecule has 3 nitrogen and oxygen atoms in total. The first-order chi connectivity index (χ1) is 19.7. The summed E-state index contributed by atoms with van der Waals surface area (Å²) in [6.45, 7) is 12.0. The lowest BCUT2D eigenvalue weighted by Crippen LogP contribution is -2.30. The van der Waals surface area contributed by atoms with Crippen LogP contribution in [0.5, 0.6) is 0 Å². The van der Waals surface area contributed by atoms with Crippen LogP contribution in [-0.4, -0.2) is 17.3 Å². The van der Waals surface area contributed by atoms with Crippen molar-refractivity contribution in [3.8, 4) is 11.1 Å². The third-order valence-electron chi connectivity index (χ3n) is 9.15. The first-order valence-electron chi connectivity index (χ1n) is 16.5. The van der Waals surface area contributed by atoms with Crippen LogP contribution in [0, 0.1) is 30.6 Å². The highest BCUT2D eigenvalue weighted by molar-refractivity contribution is 6.02. The Morgan fingerprint density at radius 3 is 2.29 bits per heavy atom. The molecule has 2 aliphatic rings. The molecule has 0 aromatic heterocycles. The zero-order valence-corrected chi connectivity index (χ0v) is 26.7. The van der Waals surface area contributed by atoms with Gasteiger partial charge in [0, 0.05) is 17.9 Å². The van der Waals surface area contributed by atoms with Gasteiger partial charge in [-0.3, -0.25) is 14.4 Å². The molecule has 3 unspecified atom stereocenters. The molecule has 1 fully saturated rings. The number of Topliss-reactive ketones (excluding diaryl/α,β-unsaturated/α-hetero) is 3. The second-order valence-corrected chi connectivity index (χ2v) is 12.9. The average Bonchev–Trinajstić information content (AvgIpc) is 3.42. The summed E-state index contributed by atoms with van der Waals surface area (Å²) in [7, 11) is 0. The Labute approximate surface area is 249 Å². The van der Waals surface area contributed by atoms with Gasteiger partial charge in [-0.15, -0.1) is 0 Å². The second-order valence-electron chi connectivity index (χ2n) is 12.9. The second kappa shape index (κ2) is 16.2. The van der Waals surface area contributed by atoms with Crippen molar-refractivity contribution in [3.05, 3.63) is 58.7 Å². The van der Waals surface area contributed by atoms with E-state index in [2.05, 4.69) is 71.0 Å². The van der Waals surface area contributed by atoms with E-state index in [0.717, 1.165) is 55.6 Å². The molecular weight excluding hydrogens is 504 g/mol. The van der Waals surface area contributed by atoms with Crippen molar-refractivity contribution in [3.63, 3.8) is 0 Å². The van der Waals surface area contributed by atoms with Gasteiger partial charge in [0.1, 0.15) is 11.6 Å². The Morgan fingerprint density at radius 1 is 0.951 bits per heavy atom. The van der Waals surface area contributed by atoms with Crippen molar-refractivity contribution >= 4 is 17.3 Å². The first kappa shape index (κ1) is 33.0. The van der Waals surface area contributed by atoms with Crippen molar-refractivity contribution in [2.75, 3.05) is 0 Å². The highest BCUT2D eigenvalue weighted by Crippen LogP contribution is 2.40. The molecule has 2 aromatic carbocycles. The van der Waals surface area contributed by atoms with Gasteiger partial charge in [-0.1, -0.05) is 109 Å². The van der Waals surface area contributed by atoms with Gasteiger partial charge in [0.25, 0.3) is 0 Å². The number of fused-ring (bicyclic) bond motifs is 1. The van der Waals surface area contributed by atoms with Crippen LogP contribution in [0.3, 0.4) is 0 Å². The SMILES string of the molecule is CCC.CCCC(CC1CC(=O)c2c(C)ccc(-c3cccc(CC4CCCC4)c3)c2C1)C(CC)C(=O)CC(C)=O. The largest absolute Gasteiger partial charge is 0.300 e. The van der Waals surface area contributed by atoms with Crippen LogP contribution in [0.1, 0.15) is 132 Å². The van der Waals surface area contributed by atoms with Crippen molar-refractivity contribution < 1.29 is 14.4 Å². The fourth-order valence-corrected chi connectivity index (χ4v) is 7.42. The van der Waals surface area contributed by atoms with Gasteiger partial charge < -0.3 is 0 Å². The van der Waals surface area contributed by atoms with Crippen molar-refractivity contribution in [2.24, 2.45) is 23.7 Å². The first-order valence-corrected chi connectivity index (χ1v) is 16.5. The lowest BCUT2D eigenvalue weighted by Gasteiger charge is -2.32. The molecule has 3 heteroatoms. The summed E-state index contributed by atoms with van der Waals surface area (Å²) >= 11 is 0. The van der Waals surface area contributed by atoms with E-state index in [0.29, 0.717) is 6.42 Å². The quantitative estimate of drug-likeness (QED) is 0.244. The zero-order valence-electron chi connectivity index (χ0n) is 26.7. The Kier molecular flexibility index (Phi) is 13.0. The van der Waals surface area contributed by atoms with Crippen LogP contribution < -0.4 is 0 Å². The van der Waals surface area contributed by atoms with E-state index >= 15 is 0 Å². The monoisotopic (exact) mass is 558 g/mol. The van der Waals surface area contributed by atoms with Crippen LogP contribution in [-0.2, 0) is 22.4 Å². The molecule has 0 heterocycles. The van der Waals surface area contributed by atoms with Crippen LogP contribution >= 0.6 is 0 Å². The summed E-state index contributed by atoms with van der Waals surface area (Å²) < 4.78 is 0. The minimum atomic E-state index is -0.0976. The molecule has 0 amide bonds. The Hall–Kier alpha value is -2.55. The third kappa shape index (κ3) is 8.97. The Morgan fingerprint density at radius 2 is 1.66 bits per heavy atom. The number of rotatable bonds is 12. The highest BCUT2D eigenvalue weighted by Gasteiger charge is 2.34. The molecule has 2 aromatic rings. The predicted molar refractivity (Wildman–Crippen MR) is 171 cm³/mol. The molecule has 3 atom stereocenters. The van der Waals surface area contributed by atoms with E-state index in [1.165, 1.54) is 61.3 Å². The van der Waals surface area contributed by atoms with Gasteiger partial charge in [-0.05, 0) is 85.1 Å². The zero-order chi connectivity index (χ0) is 29.9. The third-order valence-corrected chi connectivity index (χ3v) is 9.15. The summed E-state index contributed by atoms with van der Waals surface area (Å²) in [6, 6.07) is 13.3. The Balaban J connectivity index is 0.00000147. The molecule has 0 N–H and O–H groups in total. The van der Waals surface area contributed by atoms with Crippen molar-refractivity contribution in [1.82, 2.24) is 0 Å². The standard InChI is InChI=1S/C35H46O3.C3H8/c1-5-10-28(30(6-2)33(37)17-24(4)36)20-27-21-32-31(16-15-23(3)35(32)34(38)22-27)29-14-9-13-26(19-29)18-25-11-7-8-12-25;1-3-2/h9,13-16,19,25,27-28,30H,5-8,10-12,17-18,20-22H2,1-4H3;3H2,1-2H3. The van der Waals surface area contributed by atoms with E-state index in [9.17, 15) is 14.4 Å². The maximum absolute atomic E-state index is 13.5. The van der Waals surface area contributed by atoms with Crippen molar-refractivity contribution in [1.29, 1.82) is 0 Å². The summed E-state index contributed by atoms with van der Waals surface area (Å²) in [5, 5.41) is 0. The van der Waals surface area contributed by atoms with Crippen LogP contribution in [0.25, 0.3) is 11.1 Å². The van der Waals surface area contributed by atoms with Gasteiger partial charge in [0.05, 0.1) is 6.42 Å². The summed E-state index contributed by atoms with van der Waals surface area (Å²) in [6.07, 6.45) is 12.9. The van der Waals surface area contributed by atoms with E-state index in [4.69, 9.17) is 0 Å². The van der Waals surface area contributed by atoms with Crippen LogP contribution in [0.2, 0.25) is 0 Å². The van der Waals surface area contributed by atoms with Crippen LogP contribution in [0.15, 0.2) is 36.4 Å². The van der Waals surface area contributed by atoms with Gasteiger partial charge >= 0.3 is 0 Å². The number of hydrogen-bond donors (Lipinski definition) is 0. The molecule has 0 bridgehead atoms. The summed E-state index contributed by atoms with van der Waals surface area (Å²) in [5.74, 6) is 1.43. The molecule has 224 valence electrons. The summed E-state index contributed by atoms with van der Waals surface area (Å²) in [5.41, 5.74) is 7.01. The minimum absolute atomic E-state index is 0.0334. The van der Waals surface area contributed by atoms with Gasteiger partial charge in [0.2, 0.25) is 0 Å². The maximum Gasteiger partial charge on any atom is 0.163 e. The number of carbonyl (C=O) groups is 3. The van der Waals surface area contributed by atoms with E-state index in [-0.39, 0.29) is 41.5 Å². The fourth-order valence-electron chi connectivity index (χ4n) is 7.42. The fraction of sp³-hybridized carbons (Fsp3) is 0.605. The molecule has 2 aliphatic carbocycles. The lowest BCUT2D eigenvalue weighted by molar-refractivity contribution is -0.129. The molecule has 0 aliphatic heterocycles. The minimum Gasteiger partial charge on any atom is -0.300 e. The number of carbonyl (C=O) groups excluding carboxylic acids is 3. The van der Waals surface area contributed by atoms with Gasteiger partial charge in [-0.25, -0.2) is 0 Å². The Bertz CT molecular complexity index is 1170. The van der Waals surface area contributed by atoms with Crippen molar-refractivity contribution in [2.45, 2.75) is 125 Å². The molecule has 4 rings (SSSR count). The highest BCUT2D eigenvalue weighted by atomic mass is 16.1. The number of benzene rings is 2. The number of aryl methyl sites for hydroxylation is 1. The normalized spacial score (nSPS) is 18.3. The molecule has 41 heavy (non-hydrogen) atoms. The number of hydrogen-bond acceptors (Lipinski definition) is 3. The molecule has 0 saturated heterocycles. The summed E-state index contributed by atoms with van der Waals surface area (Å²) in [4.78, 5) is 38.2. The maximum atomic E-state index is 13.5. The molecule has 0 spiro atoms. The molecule has 0 radical (unpaired) electrons. The number of ketones is 3. The molecular formula is C38H54O3. The van der Waals surface area contributed by atoms with Crippen LogP contribution in [0.4, 0.5) is 0 Å². The van der Waals surface area contributed by atoms with E-state index < -0.39 is 0 Å². The molecule has 1 saturated carbocycles. The van der Waals surface area contributed by atoms with E-state index in [1.807, 2.05) is 0 Å². The van der Waals surface area contributed by atoms with Gasteiger partial charge in [0.15, 0.2) is 5.78 Å². The predicted octanol–water partition coefficient (Wildman–Crippen LogP) is 9.94.